The Labute approximate surface area is 83.1 Å². The first kappa shape index (κ1) is 22.4. The van der Waals surface area contributed by atoms with E-state index in [4.69, 9.17) is 0 Å². The van der Waals surface area contributed by atoms with Crippen molar-refractivity contribution in [1.82, 2.24) is 0 Å². The summed E-state index contributed by atoms with van der Waals surface area (Å²) in [7, 11) is -0.861. The van der Waals surface area contributed by atoms with Crippen LogP contribution in [0.25, 0.3) is 0 Å². The summed E-state index contributed by atoms with van der Waals surface area (Å²) in [6.07, 6.45) is 0. The average Bonchev–Trinajstić information content (AvgIpc) is 1.72. The van der Waals surface area contributed by atoms with Gasteiger partial charge in [0.2, 0.25) is 0 Å². The van der Waals surface area contributed by atoms with Crippen LogP contribution in [0.1, 0.15) is 13.8 Å². The third kappa shape index (κ3) is 679. The van der Waals surface area contributed by atoms with Crippen LogP contribution >= 0.6 is 0 Å². The molecule has 0 aliphatic heterocycles. The van der Waals surface area contributed by atoms with Gasteiger partial charge in [0, 0.05) is 21.1 Å². The fourth-order valence-electron chi connectivity index (χ4n) is 0. The first-order valence-corrected chi connectivity index (χ1v) is 6.97. The first-order valence-electron chi connectivity index (χ1n) is 3.27. The predicted molar refractivity (Wildman–Crippen MR) is 50.8 cm³/mol. The summed E-state index contributed by atoms with van der Waals surface area (Å²) in [6.45, 7) is 20.6. The van der Waals surface area contributed by atoms with Crippen LogP contribution < -0.4 is 0 Å². The molecule has 0 aliphatic carbocycles. The summed E-state index contributed by atoms with van der Waals surface area (Å²) in [5, 5.41) is 0. The SMILES string of the molecule is [CH2-]C.[CH2-]C.[CH2-][Si](C)(C)C.[Pt]. The van der Waals surface area contributed by atoms with Gasteiger partial charge in [-0.15, -0.1) is 8.07 Å². The van der Waals surface area contributed by atoms with Gasteiger partial charge in [0.05, 0.1) is 0 Å². The van der Waals surface area contributed by atoms with E-state index in [1.165, 1.54) is 0 Å². The molecule has 0 aromatic carbocycles. The molecule has 0 spiro atoms. The smallest absolute Gasteiger partial charge is 0 e. The van der Waals surface area contributed by atoms with Crippen molar-refractivity contribution in [3.8, 4) is 0 Å². The van der Waals surface area contributed by atoms with Gasteiger partial charge in [-0.1, -0.05) is 19.6 Å². The van der Waals surface area contributed by atoms with Crippen molar-refractivity contribution < 1.29 is 21.1 Å². The summed E-state index contributed by atoms with van der Waals surface area (Å²) in [5.41, 5.74) is 0. The molecule has 0 fully saturated rings. The zero-order valence-electron chi connectivity index (χ0n) is 7.94. The third-order valence-electron chi connectivity index (χ3n) is 0. The Morgan fingerprint density at radius 1 is 0.800 bits per heavy atom. The molecule has 70 valence electrons. The molecule has 0 atom stereocenters. The maximum atomic E-state index is 3.91. The average molecular weight is 340 g/mol. The normalized spacial score (nSPS) is 7.20. The zero-order valence-corrected chi connectivity index (χ0v) is 11.2. The van der Waals surface area contributed by atoms with E-state index in [9.17, 15) is 0 Å². The van der Waals surface area contributed by atoms with Crippen LogP contribution in [0, 0.1) is 20.4 Å². The van der Waals surface area contributed by atoms with Crippen molar-refractivity contribution in [1.29, 1.82) is 0 Å². The van der Waals surface area contributed by atoms with Gasteiger partial charge in [-0.2, -0.15) is 13.8 Å². The quantitative estimate of drug-likeness (QED) is 0.468. The summed E-state index contributed by atoms with van der Waals surface area (Å²) in [4.78, 5) is 0. The maximum Gasteiger partial charge on any atom is 0 e. The molecular formula is C8H21PtSi-3. The summed E-state index contributed by atoms with van der Waals surface area (Å²) in [5.74, 6) is 0. The van der Waals surface area contributed by atoms with Crippen molar-refractivity contribution in [2.45, 2.75) is 33.5 Å². The van der Waals surface area contributed by atoms with Crippen LogP contribution in [0.2, 0.25) is 19.6 Å². The van der Waals surface area contributed by atoms with Gasteiger partial charge >= 0.3 is 0 Å². The molecule has 0 aliphatic rings. The van der Waals surface area contributed by atoms with Crippen molar-refractivity contribution >= 4 is 8.07 Å². The van der Waals surface area contributed by atoms with E-state index in [1.54, 1.807) is 13.8 Å². The van der Waals surface area contributed by atoms with Crippen molar-refractivity contribution in [3.05, 3.63) is 20.4 Å². The van der Waals surface area contributed by atoms with Gasteiger partial charge in [-0.3, -0.25) is 0 Å². The number of hydrogen-bond donors (Lipinski definition) is 0. The Morgan fingerprint density at radius 2 is 0.800 bits per heavy atom. The Hall–Kier alpha value is 0.905. The molecule has 0 aromatic heterocycles. The molecule has 0 rings (SSSR count). The van der Waals surface area contributed by atoms with Crippen LogP contribution in [0.5, 0.6) is 0 Å². The Morgan fingerprint density at radius 3 is 0.800 bits per heavy atom. The van der Waals surface area contributed by atoms with Gasteiger partial charge in [0.1, 0.15) is 0 Å². The molecule has 0 bridgehead atoms. The largest absolute Gasteiger partial charge is 0.346 e. The molecule has 0 radical (unpaired) electrons. The van der Waals surface area contributed by atoms with E-state index in [2.05, 4.69) is 40.0 Å². The van der Waals surface area contributed by atoms with Crippen molar-refractivity contribution in [3.63, 3.8) is 0 Å². The van der Waals surface area contributed by atoms with Gasteiger partial charge in [0.25, 0.3) is 0 Å². The van der Waals surface area contributed by atoms with Crippen LogP contribution in [-0.2, 0) is 21.1 Å². The van der Waals surface area contributed by atoms with Gasteiger partial charge < -0.3 is 20.4 Å². The minimum Gasteiger partial charge on any atom is -0.346 e. The standard InChI is InChI=1S/C4H11Si.2C2H5.Pt/c1-5(2,3)4;2*1-2;/h1H2,2-4H3;2*1H2,2H3;/q3*-1;. The maximum absolute atomic E-state index is 3.91. The molecular weight excluding hydrogens is 319 g/mol. The van der Waals surface area contributed by atoms with Crippen LogP contribution in [-0.4, -0.2) is 8.07 Å². The van der Waals surface area contributed by atoms with E-state index in [-0.39, 0.29) is 21.1 Å². The van der Waals surface area contributed by atoms with Crippen molar-refractivity contribution in [2.24, 2.45) is 0 Å². The van der Waals surface area contributed by atoms with Crippen LogP contribution in [0.3, 0.4) is 0 Å². The third-order valence-corrected chi connectivity index (χ3v) is 0. The molecule has 0 amide bonds. The summed E-state index contributed by atoms with van der Waals surface area (Å²) in [6, 6.07) is 0. The first-order chi connectivity index (χ1) is 4.00. The second kappa shape index (κ2) is 16.5. The topological polar surface area (TPSA) is 0 Å². The molecule has 10 heavy (non-hydrogen) atoms. The summed E-state index contributed by atoms with van der Waals surface area (Å²) >= 11 is 0. The number of hydrogen-bond acceptors (Lipinski definition) is 0. The van der Waals surface area contributed by atoms with Crippen molar-refractivity contribution in [2.75, 3.05) is 0 Å². The second-order valence-corrected chi connectivity index (χ2v) is 7.68. The molecule has 0 aromatic rings. The predicted octanol–water partition coefficient (Wildman–Crippen LogP) is 3.38. The van der Waals surface area contributed by atoms with Gasteiger partial charge in [0.15, 0.2) is 0 Å². The van der Waals surface area contributed by atoms with Crippen LogP contribution in [0.4, 0.5) is 0 Å². The van der Waals surface area contributed by atoms with Crippen LogP contribution in [0.15, 0.2) is 0 Å². The van der Waals surface area contributed by atoms with E-state index < -0.39 is 8.07 Å². The fraction of sp³-hybridized carbons (Fsp3) is 0.625. The zero-order chi connectivity index (χ0) is 8.50. The minimum absolute atomic E-state index is 0. The number of rotatable bonds is 0. The minimum atomic E-state index is -0.861. The second-order valence-electron chi connectivity index (χ2n) is 2.56. The van der Waals surface area contributed by atoms with E-state index in [1.807, 2.05) is 0 Å². The van der Waals surface area contributed by atoms with E-state index in [0.29, 0.717) is 0 Å². The van der Waals surface area contributed by atoms with Gasteiger partial charge in [-0.05, 0) is 0 Å². The molecule has 2 heteroatoms. The Bertz CT molecular complexity index is 24.7. The molecule has 0 N–H and O–H groups in total. The molecule has 0 nitrogen and oxygen atoms in total. The monoisotopic (exact) mass is 340 g/mol. The van der Waals surface area contributed by atoms with E-state index >= 15 is 0 Å². The Balaban J connectivity index is -0.0000000315. The molecule has 0 unspecified atom stereocenters. The molecule has 0 saturated heterocycles. The molecule has 0 heterocycles. The fourth-order valence-corrected chi connectivity index (χ4v) is 0. The summed E-state index contributed by atoms with van der Waals surface area (Å²) < 4.78 is 0. The Kier molecular flexibility index (Phi) is 37.0. The van der Waals surface area contributed by atoms with Gasteiger partial charge in [-0.25, -0.2) is 0 Å². The van der Waals surface area contributed by atoms with E-state index in [0.717, 1.165) is 0 Å². The molecule has 0 saturated carbocycles.